The van der Waals surface area contributed by atoms with Crippen molar-refractivity contribution in [3.8, 4) is 0 Å². The largest absolute Gasteiger partial charge is 0.456 e. The smallest absolute Gasteiger partial charge is 0.416 e. The van der Waals surface area contributed by atoms with E-state index in [4.69, 9.17) is 0 Å². The van der Waals surface area contributed by atoms with Crippen LogP contribution in [0.5, 0.6) is 0 Å². The lowest BCUT2D eigenvalue weighted by atomic mass is 10.1. The third-order valence-corrected chi connectivity index (χ3v) is 3.41. The van der Waals surface area contributed by atoms with Crippen LogP contribution in [0.3, 0.4) is 0 Å². The summed E-state index contributed by atoms with van der Waals surface area (Å²) in [6.07, 6.45) is -4.52. The van der Waals surface area contributed by atoms with Gasteiger partial charge in [0.2, 0.25) is 5.78 Å². The number of hydrogen-bond donors (Lipinski definition) is 1. The van der Waals surface area contributed by atoms with Gasteiger partial charge in [-0.2, -0.15) is 13.2 Å². The molecule has 0 heterocycles. The number of amides is 1. The first-order valence-corrected chi connectivity index (χ1v) is 7.57. The van der Waals surface area contributed by atoms with Crippen molar-refractivity contribution >= 4 is 17.7 Å². The molecular weight excluding hydrogens is 370 g/mol. The lowest BCUT2D eigenvalue weighted by Crippen LogP contribution is -2.31. The Morgan fingerprint density at radius 1 is 0.963 bits per heavy atom. The van der Waals surface area contributed by atoms with Gasteiger partial charge in [0, 0.05) is 5.56 Å². The van der Waals surface area contributed by atoms with Crippen molar-refractivity contribution < 1.29 is 36.7 Å². The fraction of sp³-hybridized carbons (Fsp3) is 0.167. The van der Waals surface area contributed by atoms with Crippen LogP contribution in [0, 0.1) is 5.82 Å². The van der Waals surface area contributed by atoms with E-state index >= 15 is 0 Å². The number of halogens is 4. The summed E-state index contributed by atoms with van der Waals surface area (Å²) in [5.74, 6) is -3.26. The number of carbonyl (C=O) groups excluding carboxylic acids is 3. The van der Waals surface area contributed by atoms with Gasteiger partial charge < -0.3 is 10.1 Å². The summed E-state index contributed by atoms with van der Waals surface area (Å²) in [5.41, 5.74) is -1.23. The van der Waals surface area contributed by atoms with Gasteiger partial charge in [0.15, 0.2) is 6.61 Å². The summed E-state index contributed by atoms with van der Waals surface area (Å²) >= 11 is 0. The standard InChI is InChI=1S/C18H13F4NO4/c19-14-4-2-1-3-13(14)15(24)10-27-16(25)9-23-17(26)11-5-7-12(8-6-11)18(20,21)22/h1-8H,9-10H2,(H,23,26). The van der Waals surface area contributed by atoms with E-state index in [-0.39, 0.29) is 11.1 Å². The van der Waals surface area contributed by atoms with E-state index < -0.39 is 48.4 Å². The fourth-order valence-corrected chi connectivity index (χ4v) is 2.03. The van der Waals surface area contributed by atoms with Crippen molar-refractivity contribution in [2.24, 2.45) is 0 Å². The van der Waals surface area contributed by atoms with E-state index in [2.05, 4.69) is 10.1 Å². The lowest BCUT2D eigenvalue weighted by Gasteiger charge is -2.08. The molecule has 2 rings (SSSR count). The monoisotopic (exact) mass is 383 g/mol. The van der Waals surface area contributed by atoms with E-state index in [0.29, 0.717) is 0 Å². The first-order valence-electron chi connectivity index (χ1n) is 7.57. The molecule has 0 bridgehead atoms. The van der Waals surface area contributed by atoms with Crippen molar-refractivity contribution in [3.05, 3.63) is 71.0 Å². The number of alkyl halides is 3. The third-order valence-electron chi connectivity index (χ3n) is 3.41. The summed E-state index contributed by atoms with van der Waals surface area (Å²) < 4.78 is 55.4. The predicted molar refractivity (Wildman–Crippen MR) is 85.5 cm³/mol. The number of carbonyl (C=O) groups is 3. The number of Topliss-reactive ketones (excluding diaryl/α,β-unsaturated/α-hetero) is 1. The number of ketones is 1. The van der Waals surface area contributed by atoms with E-state index in [1.807, 2.05) is 0 Å². The van der Waals surface area contributed by atoms with Crippen LogP contribution in [0.1, 0.15) is 26.3 Å². The molecule has 5 nitrogen and oxygen atoms in total. The van der Waals surface area contributed by atoms with Crippen molar-refractivity contribution in [2.75, 3.05) is 13.2 Å². The number of hydrogen-bond acceptors (Lipinski definition) is 4. The van der Waals surface area contributed by atoms with Crippen LogP contribution >= 0.6 is 0 Å². The third kappa shape index (κ3) is 5.63. The van der Waals surface area contributed by atoms with Gasteiger partial charge >= 0.3 is 12.1 Å². The minimum atomic E-state index is -4.52. The molecule has 0 aliphatic heterocycles. The Morgan fingerprint density at radius 2 is 1.59 bits per heavy atom. The molecular formula is C18H13F4NO4. The van der Waals surface area contributed by atoms with Crippen LogP contribution in [0.25, 0.3) is 0 Å². The van der Waals surface area contributed by atoms with Crippen LogP contribution in [0.4, 0.5) is 17.6 Å². The summed E-state index contributed by atoms with van der Waals surface area (Å²) in [6, 6.07) is 8.56. The first kappa shape index (κ1) is 20.1. The number of benzene rings is 2. The zero-order valence-corrected chi connectivity index (χ0v) is 13.7. The molecule has 9 heteroatoms. The second-order valence-electron chi connectivity index (χ2n) is 5.32. The van der Waals surface area contributed by atoms with Crippen LogP contribution in [0.15, 0.2) is 48.5 Å². The molecule has 0 unspecified atom stereocenters. The summed E-state index contributed by atoms with van der Waals surface area (Å²) in [7, 11) is 0. The maximum Gasteiger partial charge on any atom is 0.416 e. The second kappa shape index (κ2) is 8.43. The van der Waals surface area contributed by atoms with Gasteiger partial charge in [-0.15, -0.1) is 0 Å². The SMILES string of the molecule is O=C(CNC(=O)c1ccc(C(F)(F)F)cc1)OCC(=O)c1ccccc1F. The van der Waals surface area contributed by atoms with Crippen molar-refractivity contribution in [1.82, 2.24) is 5.32 Å². The molecule has 0 aliphatic carbocycles. The van der Waals surface area contributed by atoms with Crippen molar-refractivity contribution in [3.63, 3.8) is 0 Å². The Hall–Kier alpha value is -3.23. The molecule has 2 aromatic rings. The molecule has 27 heavy (non-hydrogen) atoms. The summed E-state index contributed by atoms with van der Waals surface area (Å²) in [6.45, 7) is -1.32. The minimum Gasteiger partial charge on any atom is -0.456 e. The first-order chi connectivity index (χ1) is 12.7. The molecule has 0 spiro atoms. The summed E-state index contributed by atoms with van der Waals surface area (Å²) in [4.78, 5) is 35.1. The van der Waals surface area contributed by atoms with E-state index in [1.54, 1.807) is 0 Å². The molecule has 1 amide bonds. The van der Waals surface area contributed by atoms with E-state index in [9.17, 15) is 31.9 Å². The van der Waals surface area contributed by atoms with Crippen LogP contribution in [-0.2, 0) is 15.7 Å². The average Bonchev–Trinajstić information content (AvgIpc) is 2.64. The van der Waals surface area contributed by atoms with Crippen LogP contribution in [-0.4, -0.2) is 30.8 Å². The Morgan fingerprint density at radius 3 is 2.19 bits per heavy atom. The molecule has 0 atom stereocenters. The van der Waals surface area contributed by atoms with Crippen LogP contribution in [0.2, 0.25) is 0 Å². The highest BCUT2D eigenvalue weighted by molar-refractivity contribution is 5.99. The normalized spacial score (nSPS) is 11.0. The molecule has 0 saturated heterocycles. The summed E-state index contributed by atoms with van der Waals surface area (Å²) in [5, 5.41) is 2.15. The van der Waals surface area contributed by atoms with Gasteiger partial charge in [0.05, 0.1) is 11.1 Å². The van der Waals surface area contributed by atoms with Gasteiger partial charge in [-0.05, 0) is 36.4 Å². The molecule has 0 aromatic heterocycles. The molecule has 2 aromatic carbocycles. The highest BCUT2D eigenvalue weighted by atomic mass is 19.4. The van der Waals surface area contributed by atoms with Gasteiger partial charge in [0.1, 0.15) is 12.4 Å². The number of ether oxygens (including phenoxy) is 1. The minimum absolute atomic E-state index is 0.0850. The molecule has 142 valence electrons. The molecule has 0 saturated carbocycles. The Balaban J connectivity index is 1.82. The Kier molecular flexibility index (Phi) is 6.27. The van der Waals surface area contributed by atoms with Crippen LogP contribution < -0.4 is 5.32 Å². The molecule has 0 radical (unpaired) electrons. The second-order valence-corrected chi connectivity index (χ2v) is 5.32. The fourth-order valence-electron chi connectivity index (χ4n) is 2.03. The number of esters is 1. The quantitative estimate of drug-likeness (QED) is 0.473. The Labute approximate surface area is 150 Å². The highest BCUT2D eigenvalue weighted by Gasteiger charge is 2.30. The molecule has 1 N–H and O–H groups in total. The predicted octanol–water partition coefficient (Wildman–Crippen LogP) is 3.00. The zero-order chi connectivity index (χ0) is 20.0. The average molecular weight is 383 g/mol. The van der Waals surface area contributed by atoms with Gasteiger partial charge in [-0.25, -0.2) is 4.39 Å². The molecule has 0 fully saturated rings. The maximum absolute atomic E-state index is 13.4. The molecule has 0 aliphatic rings. The van der Waals surface area contributed by atoms with E-state index in [0.717, 1.165) is 30.3 Å². The number of rotatable bonds is 6. The Bertz CT molecular complexity index is 847. The number of nitrogens with one attached hydrogen (secondary N) is 1. The lowest BCUT2D eigenvalue weighted by molar-refractivity contribution is -0.141. The van der Waals surface area contributed by atoms with Gasteiger partial charge in [-0.1, -0.05) is 12.1 Å². The zero-order valence-electron chi connectivity index (χ0n) is 13.7. The van der Waals surface area contributed by atoms with Crippen molar-refractivity contribution in [1.29, 1.82) is 0 Å². The van der Waals surface area contributed by atoms with Gasteiger partial charge in [-0.3, -0.25) is 14.4 Å². The topological polar surface area (TPSA) is 72.5 Å². The highest BCUT2D eigenvalue weighted by Crippen LogP contribution is 2.29. The van der Waals surface area contributed by atoms with Crippen molar-refractivity contribution in [2.45, 2.75) is 6.18 Å². The van der Waals surface area contributed by atoms with Gasteiger partial charge in [0.25, 0.3) is 5.91 Å². The van der Waals surface area contributed by atoms with E-state index in [1.165, 1.54) is 18.2 Å². The maximum atomic E-state index is 13.4.